The molecule has 1 heterocycles. The number of aromatic amines is 1. The number of hydrogen-bond acceptors (Lipinski definition) is 3. The van der Waals surface area contributed by atoms with Crippen LogP contribution < -0.4 is 9.47 Å². The van der Waals surface area contributed by atoms with Crippen molar-refractivity contribution in [2.75, 3.05) is 0 Å². The van der Waals surface area contributed by atoms with E-state index < -0.39 is 5.97 Å². The van der Waals surface area contributed by atoms with Gasteiger partial charge >= 0.3 is 5.97 Å². The number of fused-ring (bicyclic) bond motifs is 1. The van der Waals surface area contributed by atoms with E-state index in [0.717, 1.165) is 11.1 Å². The van der Waals surface area contributed by atoms with Gasteiger partial charge in [0.2, 0.25) is 0 Å². The molecule has 0 aliphatic carbocycles. The number of hydrogen-bond donors (Lipinski definition) is 2. The van der Waals surface area contributed by atoms with Gasteiger partial charge in [-0.25, -0.2) is 4.79 Å². The lowest BCUT2D eigenvalue weighted by molar-refractivity contribution is 0.0691. The standard InChI is InChI=1S/C23H19NO4/c1-15-7-9-18(10-8-15)28-19-11-17-12-20(23(25)26)24-22(17)21(13-19)27-14-16-5-3-2-4-6-16/h2-13,24H,14H2,1H3,(H,25,26). The Hall–Kier alpha value is -3.73. The maximum absolute atomic E-state index is 11.4. The molecule has 140 valence electrons. The summed E-state index contributed by atoms with van der Waals surface area (Å²) in [6.45, 7) is 2.38. The largest absolute Gasteiger partial charge is 0.487 e. The van der Waals surface area contributed by atoms with Crippen LogP contribution in [0.4, 0.5) is 0 Å². The molecule has 0 fully saturated rings. The number of nitrogens with one attached hydrogen (secondary N) is 1. The Morgan fingerprint density at radius 3 is 2.43 bits per heavy atom. The maximum Gasteiger partial charge on any atom is 0.352 e. The third-order valence-corrected chi connectivity index (χ3v) is 4.39. The highest BCUT2D eigenvalue weighted by atomic mass is 16.5. The van der Waals surface area contributed by atoms with Gasteiger partial charge in [-0.15, -0.1) is 0 Å². The molecule has 0 amide bonds. The first-order valence-corrected chi connectivity index (χ1v) is 8.90. The van der Waals surface area contributed by atoms with Crippen LogP contribution in [-0.2, 0) is 6.61 Å². The minimum Gasteiger partial charge on any atom is -0.487 e. The Morgan fingerprint density at radius 1 is 0.964 bits per heavy atom. The van der Waals surface area contributed by atoms with E-state index in [1.165, 1.54) is 0 Å². The number of rotatable bonds is 6. The van der Waals surface area contributed by atoms with Crippen molar-refractivity contribution in [2.24, 2.45) is 0 Å². The molecule has 1 aromatic heterocycles. The molecule has 5 nitrogen and oxygen atoms in total. The van der Waals surface area contributed by atoms with Gasteiger partial charge in [-0.1, -0.05) is 48.0 Å². The van der Waals surface area contributed by atoms with E-state index in [1.54, 1.807) is 18.2 Å². The Bertz CT molecular complexity index is 1110. The lowest BCUT2D eigenvalue weighted by atomic mass is 10.2. The molecule has 4 aromatic rings. The topological polar surface area (TPSA) is 71.5 Å². The van der Waals surface area contributed by atoms with Gasteiger partial charge < -0.3 is 19.6 Å². The number of carboxylic acid groups (broad SMARTS) is 1. The summed E-state index contributed by atoms with van der Waals surface area (Å²) in [7, 11) is 0. The molecule has 0 spiro atoms. The number of ether oxygens (including phenoxy) is 2. The van der Waals surface area contributed by atoms with Gasteiger partial charge in [0.25, 0.3) is 0 Å². The highest BCUT2D eigenvalue weighted by molar-refractivity contribution is 5.96. The number of benzene rings is 3. The molecule has 0 aliphatic rings. The van der Waals surface area contributed by atoms with Crippen molar-refractivity contribution in [3.05, 3.63) is 89.6 Å². The molecular weight excluding hydrogens is 354 g/mol. The predicted molar refractivity (Wildman–Crippen MR) is 107 cm³/mol. The number of aromatic carboxylic acids is 1. The van der Waals surface area contributed by atoms with Crippen molar-refractivity contribution < 1.29 is 19.4 Å². The summed E-state index contributed by atoms with van der Waals surface area (Å²) >= 11 is 0. The van der Waals surface area contributed by atoms with Crippen molar-refractivity contribution in [3.8, 4) is 17.2 Å². The lowest BCUT2D eigenvalue weighted by Gasteiger charge is -2.11. The van der Waals surface area contributed by atoms with E-state index in [9.17, 15) is 9.90 Å². The summed E-state index contributed by atoms with van der Waals surface area (Å²) in [6.07, 6.45) is 0. The summed E-state index contributed by atoms with van der Waals surface area (Å²) in [5, 5.41) is 10.0. The van der Waals surface area contributed by atoms with Crippen LogP contribution in [0.5, 0.6) is 17.2 Å². The van der Waals surface area contributed by atoms with E-state index in [0.29, 0.717) is 34.8 Å². The van der Waals surface area contributed by atoms with E-state index >= 15 is 0 Å². The van der Waals surface area contributed by atoms with Gasteiger partial charge in [0, 0.05) is 11.5 Å². The van der Waals surface area contributed by atoms with Gasteiger partial charge in [-0.2, -0.15) is 0 Å². The van der Waals surface area contributed by atoms with Gasteiger partial charge in [0.1, 0.15) is 29.5 Å². The second-order valence-electron chi connectivity index (χ2n) is 6.56. The van der Waals surface area contributed by atoms with Crippen LogP contribution in [0.25, 0.3) is 10.9 Å². The fourth-order valence-electron chi connectivity index (χ4n) is 2.95. The molecule has 4 rings (SSSR count). The SMILES string of the molecule is Cc1ccc(Oc2cc(OCc3ccccc3)c3[nH]c(C(=O)O)cc3c2)cc1. The Morgan fingerprint density at radius 2 is 1.71 bits per heavy atom. The summed E-state index contributed by atoms with van der Waals surface area (Å²) < 4.78 is 12.0. The first-order valence-electron chi connectivity index (χ1n) is 8.90. The molecule has 5 heteroatoms. The second kappa shape index (κ2) is 7.48. The van der Waals surface area contributed by atoms with Crippen LogP contribution in [0.3, 0.4) is 0 Å². The average molecular weight is 373 g/mol. The fraction of sp³-hybridized carbons (Fsp3) is 0.0870. The monoisotopic (exact) mass is 373 g/mol. The Kier molecular flexibility index (Phi) is 4.72. The van der Waals surface area contributed by atoms with Crippen molar-refractivity contribution in [1.82, 2.24) is 4.98 Å². The summed E-state index contributed by atoms with van der Waals surface area (Å²) in [5.41, 5.74) is 2.90. The normalized spacial score (nSPS) is 10.8. The van der Waals surface area contributed by atoms with Crippen molar-refractivity contribution >= 4 is 16.9 Å². The van der Waals surface area contributed by atoms with E-state index in [2.05, 4.69) is 4.98 Å². The van der Waals surface area contributed by atoms with Crippen LogP contribution in [-0.4, -0.2) is 16.1 Å². The third-order valence-electron chi connectivity index (χ3n) is 4.39. The number of H-pyrrole nitrogens is 1. The van der Waals surface area contributed by atoms with Crippen LogP contribution in [0.15, 0.2) is 72.8 Å². The molecule has 0 atom stereocenters. The molecule has 0 bridgehead atoms. The number of carbonyl (C=O) groups is 1. The molecule has 0 saturated carbocycles. The number of aryl methyl sites for hydroxylation is 1. The van der Waals surface area contributed by atoms with Gasteiger partial charge in [0.05, 0.1) is 5.52 Å². The molecule has 0 radical (unpaired) electrons. The highest BCUT2D eigenvalue weighted by Crippen LogP contribution is 2.34. The van der Waals surface area contributed by atoms with Crippen molar-refractivity contribution in [2.45, 2.75) is 13.5 Å². The zero-order chi connectivity index (χ0) is 19.5. The summed E-state index contributed by atoms with van der Waals surface area (Å²) in [5.74, 6) is 0.797. The Labute approximate surface area is 162 Å². The molecule has 3 aromatic carbocycles. The minimum atomic E-state index is -1.02. The van der Waals surface area contributed by atoms with E-state index in [-0.39, 0.29) is 5.69 Å². The first kappa shape index (κ1) is 17.7. The van der Waals surface area contributed by atoms with Gasteiger partial charge in [-0.3, -0.25) is 0 Å². The molecule has 2 N–H and O–H groups in total. The lowest BCUT2D eigenvalue weighted by Crippen LogP contribution is -1.97. The Balaban J connectivity index is 1.69. The second-order valence-corrected chi connectivity index (χ2v) is 6.56. The summed E-state index contributed by atoms with van der Waals surface area (Å²) in [6, 6.07) is 22.7. The fourth-order valence-corrected chi connectivity index (χ4v) is 2.95. The number of aromatic nitrogens is 1. The molecule has 0 aliphatic heterocycles. The van der Waals surface area contributed by atoms with Gasteiger partial charge in [-0.05, 0) is 36.8 Å². The minimum absolute atomic E-state index is 0.104. The van der Waals surface area contributed by atoms with Crippen LogP contribution >= 0.6 is 0 Å². The smallest absolute Gasteiger partial charge is 0.352 e. The number of carboxylic acids is 1. The summed E-state index contributed by atoms with van der Waals surface area (Å²) in [4.78, 5) is 14.3. The molecule has 28 heavy (non-hydrogen) atoms. The van der Waals surface area contributed by atoms with Gasteiger partial charge in [0.15, 0.2) is 0 Å². The van der Waals surface area contributed by atoms with Crippen molar-refractivity contribution in [1.29, 1.82) is 0 Å². The third kappa shape index (κ3) is 3.83. The van der Waals surface area contributed by atoms with E-state index in [4.69, 9.17) is 9.47 Å². The highest BCUT2D eigenvalue weighted by Gasteiger charge is 2.14. The van der Waals surface area contributed by atoms with Crippen molar-refractivity contribution in [3.63, 3.8) is 0 Å². The zero-order valence-electron chi connectivity index (χ0n) is 15.3. The first-order chi connectivity index (χ1) is 13.6. The quantitative estimate of drug-likeness (QED) is 0.465. The zero-order valence-corrected chi connectivity index (χ0v) is 15.3. The van der Waals surface area contributed by atoms with Crippen LogP contribution in [0, 0.1) is 6.92 Å². The average Bonchev–Trinajstić information content (AvgIpc) is 3.13. The molecule has 0 saturated heterocycles. The van der Waals surface area contributed by atoms with Crippen LogP contribution in [0.1, 0.15) is 21.6 Å². The van der Waals surface area contributed by atoms with E-state index in [1.807, 2.05) is 61.5 Å². The predicted octanol–water partition coefficient (Wildman–Crippen LogP) is 5.55. The van der Waals surface area contributed by atoms with Crippen LogP contribution in [0.2, 0.25) is 0 Å². The molecule has 0 unspecified atom stereocenters. The molecular formula is C23H19NO4. The maximum atomic E-state index is 11.4.